The van der Waals surface area contributed by atoms with Crippen LogP contribution in [0.4, 0.5) is 0 Å². The van der Waals surface area contributed by atoms with Gasteiger partial charge in [0, 0.05) is 6.04 Å². The lowest BCUT2D eigenvalue weighted by Gasteiger charge is -2.20. The molecule has 1 aliphatic carbocycles. The van der Waals surface area contributed by atoms with E-state index in [4.69, 9.17) is 4.42 Å². The minimum Gasteiger partial charge on any atom is -0.440 e. The highest BCUT2D eigenvalue weighted by molar-refractivity contribution is 7.13. The predicted molar refractivity (Wildman–Crippen MR) is 92.5 cm³/mol. The average molecular weight is 332 g/mol. The first kappa shape index (κ1) is 16.2. The standard InChI is InChI=1S/C18H24N2O2S/c1-13-15(20-18(22-13)16-10-7-11-23-16)12-17(21)19-14-8-5-3-2-4-6-9-14/h7,10-11,14H,2-6,8-9,12H2,1H3,(H,19,21). The van der Waals surface area contributed by atoms with Crippen LogP contribution in [0.25, 0.3) is 10.8 Å². The van der Waals surface area contributed by atoms with E-state index in [1.807, 2.05) is 24.4 Å². The zero-order chi connectivity index (χ0) is 16.1. The monoisotopic (exact) mass is 332 g/mol. The van der Waals surface area contributed by atoms with Crippen LogP contribution in [0.5, 0.6) is 0 Å². The molecule has 124 valence electrons. The van der Waals surface area contributed by atoms with Crippen molar-refractivity contribution in [1.82, 2.24) is 10.3 Å². The SMILES string of the molecule is Cc1oc(-c2cccs2)nc1CC(=O)NC1CCCCCCC1. The van der Waals surface area contributed by atoms with E-state index < -0.39 is 0 Å². The smallest absolute Gasteiger partial charge is 0.236 e. The second kappa shape index (κ2) is 7.77. The highest BCUT2D eigenvalue weighted by Gasteiger charge is 2.18. The number of carbonyl (C=O) groups is 1. The minimum atomic E-state index is 0.0599. The van der Waals surface area contributed by atoms with Crippen molar-refractivity contribution in [3.8, 4) is 10.8 Å². The zero-order valence-electron chi connectivity index (χ0n) is 13.6. The third kappa shape index (κ3) is 4.44. The van der Waals surface area contributed by atoms with Crippen molar-refractivity contribution in [2.45, 2.75) is 64.3 Å². The Hall–Kier alpha value is -1.62. The van der Waals surface area contributed by atoms with Crippen LogP contribution < -0.4 is 5.32 Å². The van der Waals surface area contributed by atoms with Gasteiger partial charge in [-0.1, -0.05) is 38.2 Å². The van der Waals surface area contributed by atoms with E-state index in [0.29, 0.717) is 18.4 Å². The molecule has 1 N–H and O–H groups in total. The van der Waals surface area contributed by atoms with Gasteiger partial charge in [0.1, 0.15) is 5.76 Å². The first-order valence-electron chi connectivity index (χ1n) is 8.52. The van der Waals surface area contributed by atoms with Crippen molar-refractivity contribution in [2.75, 3.05) is 0 Å². The number of carbonyl (C=O) groups excluding carboxylic acids is 1. The van der Waals surface area contributed by atoms with Crippen LogP contribution in [0, 0.1) is 6.92 Å². The Morgan fingerprint density at radius 1 is 1.30 bits per heavy atom. The lowest BCUT2D eigenvalue weighted by atomic mass is 9.96. The van der Waals surface area contributed by atoms with E-state index in [-0.39, 0.29) is 5.91 Å². The quantitative estimate of drug-likeness (QED) is 0.898. The predicted octanol–water partition coefficient (Wildman–Crippen LogP) is 4.48. The number of oxazole rings is 1. The molecule has 0 bridgehead atoms. The fraction of sp³-hybridized carbons (Fsp3) is 0.556. The van der Waals surface area contributed by atoms with Crippen LogP contribution in [0.3, 0.4) is 0 Å². The summed E-state index contributed by atoms with van der Waals surface area (Å²) in [6, 6.07) is 4.28. The summed E-state index contributed by atoms with van der Waals surface area (Å²) in [5.74, 6) is 1.41. The molecule has 1 amide bonds. The summed E-state index contributed by atoms with van der Waals surface area (Å²) < 4.78 is 5.71. The third-order valence-electron chi connectivity index (χ3n) is 4.42. The zero-order valence-corrected chi connectivity index (χ0v) is 14.5. The molecule has 0 aromatic carbocycles. The fourth-order valence-corrected chi connectivity index (χ4v) is 3.78. The number of amides is 1. The molecule has 1 fully saturated rings. The second-order valence-electron chi connectivity index (χ2n) is 6.29. The van der Waals surface area contributed by atoms with Gasteiger partial charge in [-0.05, 0) is 31.2 Å². The molecule has 0 spiro atoms. The van der Waals surface area contributed by atoms with Crippen molar-refractivity contribution >= 4 is 17.2 Å². The van der Waals surface area contributed by atoms with Gasteiger partial charge in [-0.3, -0.25) is 4.79 Å². The summed E-state index contributed by atoms with van der Waals surface area (Å²) in [6.07, 6.45) is 8.86. The van der Waals surface area contributed by atoms with Crippen LogP contribution in [0.2, 0.25) is 0 Å². The normalized spacial score (nSPS) is 16.7. The molecule has 1 aliphatic rings. The molecule has 5 heteroatoms. The van der Waals surface area contributed by atoms with Crippen LogP contribution in [-0.2, 0) is 11.2 Å². The number of rotatable bonds is 4. The van der Waals surface area contributed by atoms with Crippen LogP contribution in [0.1, 0.15) is 56.4 Å². The van der Waals surface area contributed by atoms with E-state index in [2.05, 4.69) is 10.3 Å². The molecule has 2 heterocycles. The van der Waals surface area contributed by atoms with Gasteiger partial charge in [0.25, 0.3) is 0 Å². The Kier molecular flexibility index (Phi) is 5.49. The molecule has 3 rings (SSSR count). The van der Waals surface area contributed by atoms with Crippen molar-refractivity contribution in [2.24, 2.45) is 0 Å². The maximum Gasteiger partial charge on any atom is 0.236 e. The topological polar surface area (TPSA) is 55.1 Å². The first-order valence-corrected chi connectivity index (χ1v) is 9.40. The summed E-state index contributed by atoms with van der Waals surface area (Å²) in [4.78, 5) is 17.8. The van der Waals surface area contributed by atoms with Gasteiger partial charge < -0.3 is 9.73 Å². The number of nitrogens with zero attached hydrogens (tertiary/aromatic N) is 1. The van der Waals surface area contributed by atoms with Gasteiger partial charge in [-0.15, -0.1) is 11.3 Å². The minimum absolute atomic E-state index is 0.0599. The molecule has 0 aliphatic heterocycles. The summed E-state index contributed by atoms with van der Waals surface area (Å²) >= 11 is 1.59. The van der Waals surface area contributed by atoms with Crippen molar-refractivity contribution in [3.05, 3.63) is 29.0 Å². The van der Waals surface area contributed by atoms with E-state index in [1.165, 1.54) is 32.1 Å². The third-order valence-corrected chi connectivity index (χ3v) is 5.28. The van der Waals surface area contributed by atoms with Crippen LogP contribution >= 0.6 is 11.3 Å². The Labute approximate surface area is 141 Å². The maximum absolute atomic E-state index is 12.3. The van der Waals surface area contributed by atoms with Gasteiger partial charge in [0.05, 0.1) is 17.0 Å². The molecular weight excluding hydrogens is 308 g/mol. The maximum atomic E-state index is 12.3. The summed E-state index contributed by atoms with van der Waals surface area (Å²) in [6.45, 7) is 1.88. The van der Waals surface area contributed by atoms with Gasteiger partial charge in [0.2, 0.25) is 11.8 Å². The number of hydrogen-bond donors (Lipinski definition) is 1. The molecule has 1 saturated carbocycles. The molecule has 0 atom stereocenters. The Bertz CT molecular complexity index is 625. The lowest BCUT2D eigenvalue weighted by Crippen LogP contribution is -2.36. The summed E-state index contributed by atoms with van der Waals surface area (Å²) in [7, 11) is 0. The van der Waals surface area contributed by atoms with Gasteiger partial charge >= 0.3 is 0 Å². The van der Waals surface area contributed by atoms with Crippen molar-refractivity contribution < 1.29 is 9.21 Å². The lowest BCUT2D eigenvalue weighted by molar-refractivity contribution is -0.121. The molecule has 0 unspecified atom stereocenters. The van der Waals surface area contributed by atoms with Gasteiger partial charge in [-0.2, -0.15) is 0 Å². The molecule has 0 radical (unpaired) electrons. The van der Waals surface area contributed by atoms with Crippen LogP contribution in [-0.4, -0.2) is 16.9 Å². The average Bonchev–Trinajstić information content (AvgIpc) is 3.12. The number of aryl methyl sites for hydroxylation is 1. The first-order chi connectivity index (χ1) is 11.2. The molecule has 4 nitrogen and oxygen atoms in total. The summed E-state index contributed by atoms with van der Waals surface area (Å²) in [5, 5.41) is 5.18. The van der Waals surface area contributed by atoms with Gasteiger partial charge in [-0.25, -0.2) is 4.98 Å². The van der Waals surface area contributed by atoms with Crippen molar-refractivity contribution in [3.63, 3.8) is 0 Å². The number of thiophene rings is 1. The largest absolute Gasteiger partial charge is 0.440 e. The number of nitrogens with one attached hydrogen (secondary N) is 1. The van der Waals surface area contributed by atoms with Gasteiger partial charge in [0.15, 0.2) is 0 Å². The molecule has 0 saturated heterocycles. The van der Waals surface area contributed by atoms with E-state index in [1.54, 1.807) is 11.3 Å². The number of aromatic nitrogens is 1. The fourth-order valence-electron chi connectivity index (χ4n) is 3.13. The second-order valence-corrected chi connectivity index (χ2v) is 7.23. The number of hydrogen-bond acceptors (Lipinski definition) is 4. The molecular formula is C18H24N2O2S. The highest BCUT2D eigenvalue weighted by atomic mass is 32.1. The molecule has 2 aromatic rings. The highest BCUT2D eigenvalue weighted by Crippen LogP contribution is 2.26. The Morgan fingerprint density at radius 3 is 2.74 bits per heavy atom. The molecule has 23 heavy (non-hydrogen) atoms. The molecule has 2 aromatic heterocycles. The Morgan fingerprint density at radius 2 is 2.04 bits per heavy atom. The van der Waals surface area contributed by atoms with E-state index in [9.17, 15) is 4.79 Å². The van der Waals surface area contributed by atoms with Crippen LogP contribution in [0.15, 0.2) is 21.9 Å². The summed E-state index contributed by atoms with van der Waals surface area (Å²) in [5.41, 5.74) is 0.747. The Balaban J connectivity index is 1.59. The van der Waals surface area contributed by atoms with E-state index >= 15 is 0 Å². The van der Waals surface area contributed by atoms with Crippen molar-refractivity contribution in [1.29, 1.82) is 0 Å². The van der Waals surface area contributed by atoms with E-state index in [0.717, 1.165) is 29.2 Å².